The van der Waals surface area contributed by atoms with E-state index in [1.807, 2.05) is 13.8 Å². The molecular weight excluding hydrogens is 476 g/mol. The normalized spacial score (nSPS) is 26.9. The van der Waals surface area contributed by atoms with Gasteiger partial charge in [0.25, 0.3) is 0 Å². The summed E-state index contributed by atoms with van der Waals surface area (Å²) < 4.78 is 1.10. The van der Waals surface area contributed by atoms with E-state index in [0.717, 1.165) is 50.7 Å². The number of aliphatic hydroxyl groups is 3. The van der Waals surface area contributed by atoms with E-state index in [0.29, 0.717) is 30.0 Å². The predicted octanol–water partition coefficient (Wildman–Crippen LogP) is 3.37. The lowest BCUT2D eigenvalue weighted by atomic mass is 10.1. The molecule has 36 heavy (non-hydrogen) atoms. The first-order valence-electron chi connectivity index (χ1n) is 13.0. The molecule has 3 aliphatic rings. The third-order valence-corrected chi connectivity index (χ3v) is 8.86. The molecule has 0 saturated heterocycles. The van der Waals surface area contributed by atoms with Gasteiger partial charge < -0.3 is 26.0 Å². The van der Waals surface area contributed by atoms with Crippen LogP contribution in [-0.4, -0.2) is 66.2 Å². The second-order valence-electron chi connectivity index (χ2n) is 10.8. The molecular formula is C26H34N6O3S. The third kappa shape index (κ3) is 4.44. The Hall–Kier alpha value is -2.40. The molecule has 5 N–H and O–H groups in total. The second-order valence-corrected chi connectivity index (χ2v) is 11.9. The highest BCUT2D eigenvalue weighted by molar-refractivity contribution is 7.21. The summed E-state index contributed by atoms with van der Waals surface area (Å²) in [6.07, 6.45) is 3.19. The van der Waals surface area contributed by atoms with Crippen molar-refractivity contribution in [1.29, 1.82) is 0 Å². The van der Waals surface area contributed by atoms with Gasteiger partial charge in [-0.2, -0.15) is 4.98 Å². The van der Waals surface area contributed by atoms with Gasteiger partial charge in [-0.25, -0.2) is 9.97 Å². The second kappa shape index (κ2) is 9.16. The standard InChI is InChI=1S/C26H34N6O3S/c1-11-8-18-21(20(27-11)15-6-7-15)31-25(36-18)19-13(3)29-26(28-12(2)14-4-5-14)32-24(19)30-17-9-16(10-33)22(34)23(17)35/h8,12,14-17,22-23,33-35H,4-7,9-10H2,1-3H3,(H2,28,29,30,32)/t12-,16-,17-,22-,23+/m1/s1. The number of nitrogens with one attached hydrogen (secondary N) is 2. The number of anilines is 2. The Balaban J connectivity index is 1.42. The van der Waals surface area contributed by atoms with Crippen molar-refractivity contribution in [2.75, 3.05) is 17.2 Å². The lowest BCUT2D eigenvalue weighted by Gasteiger charge is -2.22. The Morgan fingerprint density at radius 3 is 2.50 bits per heavy atom. The van der Waals surface area contributed by atoms with Gasteiger partial charge in [-0.15, -0.1) is 11.3 Å². The quantitative estimate of drug-likeness (QED) is 0.309. The molecule has 6 rings (SSSR count). The van der Waals surface area contributed by atoms with Crippen LogP contribution in [0.15, 0.2) is 6.07 Å². The minimum Gasteiger partial charge on any atom is -0.396 e. The first-order valence-corrected chi connectivity index (χ1v) is 13.8. The molecule has 0 amide bonds. The fraction of sp³-hybridized carbons (Fsp3) is 0.615. The summed E-state index contributed by atoms with van der Waals surface area (Å²) in [5.41, 5.74) is 4.63. The highest BCUT2D eigenvalue weighted by Gasteiger charge is 2.42. The topological polar surface area (TPSA) is 136 Å². The number of rotatable bonds is 8. The molecule has 192 valence electrons. The van der Waals surface area contributed by atoms with Gasteiger partial charge in [-0.05, 0) is 64.9 Å². The molecule has 10 heteroatoms. The smallest absolute Gasteiger partial charge is 0.225 e. The summed E-state index contributed by atoms with van der Waals surface area (Å²) in [7, 11) is 0. The van der Waals surface area contributed by atoms with Gasteiger partial charge in [0.1, 0.15) is 22.4 Å². The Bertz CT molecular complexity index is 1290. The SMILES string of the molecule is Cc1cc2sc(-c3c(C)nc(N[C@H](C)C4CC4)nc3N[C@@H]3C[C@H](CO)[C@@H](O)[C@H]3O)nc2c(C2CC2)n1. The van der Waals surface area contributed by atoms with E-state index in [4.69, 9.17) is 19.9 Å². The van der Waals surface area contributed by atoms with Crippen LogP contribution in [-0.2, 0) is 0 Å². The molecule has 3 fully saturated rings. The van der Waals surface area contributed by atoms with Crippen LogP contribution in [0.3, 0.4) is 0 Å². The minimum atomic E-state index is -1.00. The van der Waals surface area contributed by atoms with E-state index >= 15 is 0 Å². The minimum absolute atomic E-state index is 0.175. The van der Waals surface area contributed by atoms with Crippen molar-refractivity contribution in [2.45, 2.75) is 83.1 Å². The largest absolute Gasteiger partial charge is 0.396 e. The molecule has 3 heterocycles. The van der Waals surface area contributed by atoms with Crippen molar-refractivity contribution in [1.82, 2.24) is 19.9 Å². The molecule has 0 aromatic carbocycles. The summed E-state index contributed by atoms with van der Waals surface area (Å²) in [6, 6.07) is 1.92. The van der Waals surface area contributed by atoms with E-state index in [1.165, 1.54) is 12.8 Å². The average molecular weight is 511 g/mol. The maximum absolute atomic E-state index is 10.7. The maximum atomic E-state index is 10.7. The zero-order chi connectivity index (χ0) is 25.1. The Morgan fingerprint density at radius 1 is 1.06 bits per heavy atom. The van der Waals surface area contributed by atoms with Crippen LogP contribution < -0.4 is 10.6 Å². The molecule has 3 saturated carbocycles. The number of aliphatic hydroxyl groups excluding tert-OH is 3. The highest BCUT2D eigenvalue weighted by atomic mass is 32.1. The van der Waals surface area contributed by atoms with Crippen molar-refractivity contribution in [2.24, 2.45) is 11.8 Å². The van der Waals surface area contributed by atoms with Crippen molar-refractivity contribution in [3.8, 4) is 10.6 Å². The van der Waals surface area contributed by atoms with Crippen LogP contribution in [0, 0.1) is 25.7 Å². The number of aromatic nitrogens is 4. The van der Waals surface area contributed by atoms with Crippen LogP contribution in [0.5, 0.6) is 0 Å². The molecule has 9 nitrogen and oxygen atoms in total. The number of hydrogen-bond acceptors (Lipinski definition) is 10. The Kier molecular flexibility index (Phi) is 6.10. The number of hydrogen-bond donors (Lipinski definition) is 5. The van der Waals surface area contributed by atoms with Crippen molar-refractivity contribution < 1.29 is 15.3 Å². The van der Waals surface area contributed by atoms with Gasteiger partial charge in [-0.3, -0.25) is 4.98 Å². The first-order chi connectivity index (χ1) is 17.3. The van der Waals surface area contributed by atoms with Crippen molar-refractivity contribution in [3.63, 3.8) is 0 Å². The average Bonchev–Trinajstić information content (AvgIpc) is 3.76. The Morgan fingerprint density at radius 2 is 1.83 bits per heavy atom. The summed E-state index contributed by atoms with van der Waals surface area (Å²) in [6.45, 7) is 5.97. The van der Waals surface area contributed by atoms with Crippen LogP contribution in [0.4, 0.5) is 11.8 Å². The zero-order valence-electron chi connectivity index (χ0n) is 20.9. The fourth-order valence-corrected chi connectivity index (χ4v) is 6.53. The Labute approximate surface area is 214 Å². The molecule has 0 aliphatic heterocycles. The molecule has 0 bridgehead atoms. The number of pyridine rings is 1. The maximum Gasteiger partial charge on any atom is 0.225 e. The van der Waals surface area contributed by atoms with Gasteiger partial charge in [-0.1, -0.05) is 0 Å². The van der Waals surface area contributed by atoms with Gasteiger partial charge in [0, 0.05) is 30.2 Å². The summed E-state index contributed by atoms with van der Waals surface area (Å²) in [5, 5.41) is 38.4. The molecule has 5 atom stereocenters. The highest BCUT2D eigenvalue weighted by Crippen LogP contribution is 2.45. The van der Waals surface area contributed by atoms with E-state index in [1.54, 1.807) is 11.3 Å². The molecule has 0 radical (unpaired) electrons. The molecule has 3 aromatic heterocycles. The number of fused-ring (bicyclic) bond motifs is 1. The van der Waals surface area contributed by atoms with Gasteiger partial charge in [0.05, 0.1) is 33.8 Å². The van der Waals surface area contributed by atoms with Gasteiger partial charge >= 0.3 is 0 Å². The lowest BCUT2D eigenvalue weighted by Crippen LogP contribution is -2.36. The summed E-state index contributed by atoms with van der Waals surface area (Å²) in [4.78, 5) is 19.5. The number of thiazole rings is 1. The van der Waals surface area contributed by atoms with Crippen molar-refractivity contribution in [3.05, 3.63) is 23.1 Å². The van der Waals surface area contributed by atoms with Crippen LogP contribution in [0.25, 0.3) is 20.8 Å². The fourth-order valence-electron chi connectivity index (χ4n) is 5.37. The number of aryl methyl sites for hydroxylation is 2. The van der Waals surface area contributed by atoms with Crippen molar-refractivity contribution >= 4 is 33.3 Å². The molecule has 3 aliphatic carbocycles. The molecule has 0 unspecified atom stereocenters. The molecule has 0 spiro atoms. The summed E-state index contributed by atoms with van der Waals surface area (Å²) >= 11 is 1.61. The zero-order valence-corrected chi connectivity index (χ0v) is 21.7. The van der Waals surface area contributed by atoms with Gasteiger partial charge in [0.15, 0.2) is 0 Å². The van der Waals surface area contributed by atoms with Crippen LogP contribution >= 0.6 is 11.3 Å². The van der Waals surface area contributed by atoms with Crippen LogP contribution in [0.1, 0.15) is 62.0 Å². The number of nitrogens with zero attached hydrogens (tertiary/aromatic N) is 4. The third-order valence-electron chi connectivity index (χ3n) is 7.84. The molecule has 3 aromatic rings. The van der Waals surface area contributed by atoms with E-state index in [2.05, 4.69) is 23.6 Å². The monoisotopic (exact) mass is 510 g/mol. The van der Waals surface area contributed by atoms with Crippen LogP contribution in [0.2, 0.25) is 0 Å². The lowest BCUT2D eigenvalue weighted by molar-refractivity contribution is 0.00446. The first kappa shape index (κ1) is 24.0. The summed E-state index contributed by atoms with van der Waals surface area (Å²) in [5.74, 6) is 1.87. The predicted molar refractivity (Wildman–Crippen MR) is 140 cm³/mol. The van der Waals surface area contributed by atoms with E-state index in [-0.39, 0.29) is 18.6 Å². The van der Waals surface area contributed by atoms with E-state index < -0.39 is 18.2 Å². The van der Waals surface area contributed by atoms with E-state index in [9.17, 15) is 15.3 Å². The van der Waals surface area contributed by atoms with Gasteiger partial charge in [0.2, 0.25) is 5.95 Å².